The Morgan fingerprint density at radius 1 is 1.29 bits per heavy atom. The summed E-state index contributed by atoms with van der Waals surface area (Å²) in [4.78, 5) is 39.7. The zero-order chi connectivity index (χ0) is 20.7. The highest BCUT2D eigenvalue weighted by Gasteiger charge is 2.19. The van der Waals surface area contributed by atoms with Crippen LogP contribution in [0.5, 0.6) is 0 Å². The van der Waals surface area contributed by atoms with E-state index >= 15 is 0 Å². The van der Waals surface area contributed by atoms with Crippen molar-refractivity contribution in [3.05, 3.63) is 56.2 Å². The first-order valence-electron chi connectivity index (χ1n) is 9.07. The van der Waals surface area contributed by atoms with E-state index in [1.54, 1.807) is 24.1 Å². The minimum absolute atomic E-state index is 0.112. The van der Waals surface area contributed by atoms with Gasteiger partial charge in [0.25, 0.3) is 5.56 Å². The number of anilines is 2. The Bertz CT molecular complexity index is 917. The maximum absolute atomic E-state index is 12.5. The molecule has 2 aromatic rings. The van der Waals surface area contributed by atoms with E-state index in [4.69, 9.17) is 15.6 Å². The highest BCUT2D eigenvalue weighted by Crippen LogP contribution is 2.20. The molecule has 0 amide bonds. The third kappa shape index (κ3) is 5.01. The van der Waals surface area contributed by atoms with Gasteiger partial charge in [0.05, 0.1) is 12.2 Å². The van der Waals surface area contributed by atoms with Gasteiger partial charge in [0, 0.05) is 26.7 Å². The van der Waals surface area contributed by atoms with Crippen molar-refractivity contribution in [1.82, 2.24) is 9.55 Å². The quantitative estimate of drug-likeness (QED) is 0.557. The molecule has 0 aliphatic heterocycles. The molecule has 0 saturated carbocycles. The molecule has 9 nitrogen and oxygen atoms in total. The van der Waals surface area contributed by atoms with Gasteiger partial charge < -0.3 is 20.5 Å². The molecule has 0 aliphatic carbocycles. The number of rotatable bonds is 10. The van der Waals surface area contributed by atoms with Gasteiger partial charge in [0.15, 0.2) is 0 Å². The molecule has 0 radical (unpaired) electrons. The first-order chi connectivity index (χ1) is 13.4. The highest BCUT2D eigenvalue weighted by molar-refractivity contribution is 5.87. The Morgan fingerprint density at radius 2 is 1.96 bits per heavy atom. The number of aromatic nitrogens is 2. The molecule has 0 aliphatic rings. The van der Waals surface area contributed by atoms with Crippen molar-refractivity contribution in [1.29, 1.82) is 0 Å². The summed E-state index contributed by atoms with van der Waals surface area (Å²) in [7, 11) is 1.55. The number of aromatic carboxylic acids is 1. The predicted octanol–water partition coefficient (Wildman–Crippen LogP) is 1.27. The number of aromatic amines is 1. The summed E-state index contributed by atoms with van der Waals surface area (Å²) in [5, 5.41) is 9.03. The van der Waals surface area contributed by atoms with E-state index < -0.39 is 17.2 Å². The molecule has 9 heteroatoms. The van der Waals surface area contributed by atoms with Crippen LogP contribution in [0.1, 0.15) is 35.7 Å². The SMILES string of the molecule is CCCCn1c(N)c(N(CCOC)Cc2ccc(C(=O)O)cc2)c(=O)[nH]c1=O. The van der Waals surface area contributed by atoms with Crippen LogP contribution in [0.4, 0.5) is 11.5 Å². The van der Waals surface area contributed by atoms with Gasteiger partial charge in [0.1, 0.15) is 11.5 Å². The maximum Gasteiger partial charge on any atom is 0.335 e. The van der Waals surface area contributed by atoms with Gasteiger partial charge in [0.2, 0.25) is 0 Å². The first kappa shape index (κ1) is 21.2. The average Bonchev–Trinajstić information content (AvgIpc) is 2.66. The topological polar surface area (TPSA) is 131 Å². The van der Waals surface area contributed by atoms with Crippen molar-refractivity contribution >= 4 is 17.5 Å². The predicted molar refractivity (Wildman–Crippen MR) is 107 cm³/mol. The Hall–Kier alpha value is -3.07. The lowest BCUT2D eigenvalue weighted by atomic mass is 10.1. The van der Waals surface area contributed by atoms with E-state index in [0.717, 1.165) is 18.4 Å². The Labute approximate surface area is 162 Å². The number of carboxylic acid groups (broad SMARTS) is 1. The van der Waals surface area contributed by atoms with Crippen LogP contribution in [0.25, 0.3) is 0 Å². The van der Waals surface area contributed by atoms with Gasteiger partial charge >= 0.3 is 11.7 Å². The number of nitrogens with one attached hydrogen (secondary N) is 1. The molecule has 0 fully saturated rings. The van der Waals surface area contributed by atoms with Crippen molar-refractivity contribution < 1.29 is 14.6 Å². The van der Waals surface area contributed by atoms with Gasteiger partial charge in [-0.05, 0) is 24.1 Å². The fourth-order valence-corrected chi connectivity index (χ4v) is 2.87. The van der Waals surface area contributed by atoms with Crippen molar-refractivity contribution in [3.8, 4) is 0 Å². The summed E-state index contributed by atoms with van der Waals surface area (Å²) < 4.78 is 6.51. The molecule has 28 heavy (non-hydrogen) atoms. The number of carbonyl (C=O) groups is 1. The molecule has 0 saturated heterocycles. The van der Waals surface area contributed by atoms with E-state index in [9.17, 15) is 14.4 Å². The minimum atomic E-state index is -1.01. The van der Waals surface area contributed by atoms with Crippen LogP contribution in [-0.4, -0.2) is 40.9 Å². The van der Waals surface area contributed by atoms with Crippen LogP contribution in [0.3, 0.4) is 0 Å². The zero-order valence-corrected chi connectivity index (χ0v) is 16.1. The number of carboxylic acids is 1. The van der Waals surface area contributed by atoms with Gasteiger partial charge in [-0.2, -0.15) is 0 Å². The number of nitrogen functional groups attached to an aromatic ring is 1. The smallest absolute Gasteiger partial charge is 0.335 e. The lowest BCUT2D eigenvalue weighted by Gasteiger charge is -2.26. The molecule has 0 unspecified atom stereocenters. The number of unbranched alkanes of at least 4 members (excludes halogenated alkanes) is 1. The summed E-state index contributed by atoms with van der Waals surface area (Å²) in [6, 6.07) is 6.37. The molecule has 1 heterocycles. The van der Waals surface area contributed by atoms with E-state index in [0.29, 0.717) is 26.2 Å². The second kappa shape index (κ2) is 9.75. The molecule has 0 bridgehead atoms. The summed E-state index contributed by atoms with van der Waals surface area (Å²) in [6.07, 6.45) is 1.63. The Balaban J connectivity index is 2.43. The number of hydrogen-bond donors (Lipinski definition) is 3. The third-order valence-electron chi connectivity index (χ3n) is 4.41. The average molecular weight is 390 g/mol. The lowest BCUT2D eigenvalue weighted by Crippen LogP contribution is -2.39. The molecular formula is C19H26N4O5. The molecule has 0 atom stereocenters. The molecule has 2 rings (SSSR count). The lowest BCUT2D eigenvalue weighted by molar-refractivity contribution is 0.0697. The number of hydrogen-bond acceptors (Lipinski definition) is 6. The van der Waals surface area contributed by atoms with Gasteiger partial charge in [-0.1, -0.05) is 25.5 Å². The van der Waals surface area contributed by atoms with Crippen LogP contribution in [0.2, 0.25) is 0 Å². The summed E-state index contributed by atoms with van der Waals surface area (Å²) in [5.41, 5.74) is 6.29. The van der Waals surface area contributed by atoms with Crippen molar-refractivity contribution in [3.63, 3.8) is 0 Å². The van der Waals surface area contributed by atoms with E-state index in [2.05, 4.69) is 4.98 Å². The molecular weight excluding hydrogens is 364 g/mol. The maximum atomic E-state index is 12.5. The molecule has 1 aromatic heterocycles. The van der Waals surface area contributed by atoms with Crippen molar-refractivity contribution in [2.75, 3.05) is 30.9 Å². The fraction of sp³-hybridized carbons (Fsp3) is 0.421. The van der Waals surface area contributed by atoms with Crippen molar-refractivity contribution in [2.24, 2.45) is 0 Å². The van der Waals surface area contributed by atoms with E-state index in [1.165, 1.54) is 16.7 Å². The van der Waals surface area contributed by atoms with E-state index in [1.807, 2.05) is 6.92 Å². The largest absolute Gasteiger partial charge is 0.478 e. The molecule has 152 valence electrons. The van der Waals surface area contributed by atoms with Crippen LogP contribution in [0.15, 0.2) is 33.9 Å². The monoisotopic (exact) mass is 390 g/mol. The summed E-state index contributed by atoms with van der Waals surface area (Å²) >= 11 is 0. The van der Waals surface area contributed by atoms with Crippen LogP contribution in [0, 0.1) is 0 Å². The number of benzene rings is 1. The Morgan fingerprint density at radius 3 is 2.54 bits per heavy atom. The van der Waals surface area contributed by atoms with Gasteiger partial charge in [-0.3, -0.25) is 14.3 Å². The summed E-state index contributed by atoms with van der Waals surface area (Å²) in [5.74, 6) is -0.896. The number of nitrogens with two attached hydrogens (primary N) is 1. The number of nitrogens with zero attached hydrogens (tertiary/aromatic N) is 2. The Kier molecular flexibility index (Phi) is 7.39. The van der Waals surface area contributed by atoms with Crippen LogP contribution < -0.4 is 21.9 Å². The number of H-pyrrole nitrogens is 1. The number of methoxy groups -OCH3 is 1. The van der Waals surface area contributed by atoms with Gasteiger partial charge in [-0.15, -0.1) is 0 Å². The standard InChI is InChI=1S/C19H26N4O5/c1-3-4-9-23-16(20)15(17(24)21-19(23)27)22(10-11-28-2)12-13-5-7-14(8-6-13)18(25)26/h5-8H,3-4,9-12,20H2,1-2H3,(H,25,26)(H,21,24,27). The second-order valence-electron chi connectivity index (χ2n) is 6.41. The summed E-state index contributed by atoms with van der Waals surface area (Å²) in [6.45, 7) is 3.44. The van der Waals surface area contributed by atoms with Crippen LogP contribution in [-0.2, 0) is 17.8 Å². The van der Waals surface area contributed by atoms with Crippen molar-refractivity contribution in [2.45, 2.75) is 32.9 Å². The molecule has 4 N–H and O–H groups in total. The van der Waals surface area contributed by atoms with Gasteiger partial charge in [-0.25, -0.2) is 9.59 Å². The fourth-order valence-electron chi connectivity index (χ4n) is 2.87. The third-order valence-corrected chi connectivity index (χ3v) is 4.41. The molecule has 1 aromatic carbocycles. The number of ether oxygens (including phenoxy) is 1. The second-order valence-corrected chi connectivity index (χ2v) is 6.41. The first-order valence-corrected chi connectivity index (χ1v) is 9.07. The zero-order valence-electron chi connectivity index (χ0n) is 16.1. The van der Waals surface area contributed by atoms with E-state index in [-0.39, 0.29) is 17.1 Å². The van der Waals surface area contributed by atoms with Crippen LogP contribution >= 0.6 is 0 Å². The molecule has 0 spiro atoms. The minimum Gasteiger partial charge on any atom is -0.478 e. The normalized spacial score (nSPS) is 10.8. The highest BCUT2D eigenvalue weighted by atomic mass is 16.5.